The summed E-state index contributed by atoms with van der Waals surface area (Å²) in [6.45, 7) is 7.64. The molecule has 2 N–H and O–H groups in total. The lowest BCUT2D eigenvalue weighted by Gasteiger charge is -2.34. The Hall–Kier alpha value is -4.09. The van der Waals surface area contributed by atoms with E-state index < -0.39 is 17.6 Å². The molecule has 2 saturated heterocycles. The highest BCUT2D eigenvalue weighted by atomic mass is 19.1. The molecule has 5 rings (SSSR count). The van der Waals surface area contributed by atoms with Gasteiger partial charge in [0.15, 0.2) is 0 Å². The summed E-state index contributed by atoms with van der Waals surface area (Å²) in [6, 6.07) is 10.4. The van der Waals surface area contributed by atoms with Gasteiger partial charge in [-0.25, -0.2) is 4.39 Å². The molecule has 10 nitrogen and oxygen atoms in total. The summed E-state index contributed by atoms with van der Waals surface area (Å²) in [4.78, 5) is 45.6. The number of nitrogens with zero attached hydrogens (tertiary/aromatic N) is 3. The van der Waals surface area contributed by atoms with E-state index in [1.807, 2.05) is 32.9 Å². The van der Waals surface area contributed by atoms with Crippen LogP contribution in [-0.4, -0.2) is 70.9 Å². The van der Waals surface area contributed by atoms with Gasteiger partial charge >= 0.3 is 0 Å². The number of alkyl halides is 1. The predicted molar refractivity (Wildman–Crippen MR) is 161 cm³/mol. The monoisotopic (exact) mass is 591 g/mol. The van der Waals surface area contributed by atoms with Gasteiger partial charge in [-0.2, -0.15) is 4.98 Å². The van der Waals surface area contributed by atoms with Gasteiger partial charge in [-0.05, 0) is 68.5 Å². The van der Waals surface area contributed by atoms with Crippen molar-refractivity contribution in [3.8, 4) is 17.0 Å². The minimum Gasteiger partial charge on any atom is -0.475 e. The van der Waals surface area contributed by atoms with E-state index in [0.717, 1.165) is 30.6 Å². The van der Waals surface area contributed by atoms with Gasteiger partial charge < -0.3 is 29.6 Å². The van der Waals surface area contributed by atoms with Crippen LogP contribution in [0, 0.1) is 6.92 Å². The predicted octanol–water partition coefficient (Wildman–Crippen LogP) is 3.86. The fraction of sp³-hybridized carbons (Fsp3) is 0.438. The quantitative estimate of drug-likeness (QED) is 0.368. The van der Waals surface area contributed by atoms with Crippen LogP contribution in [0.15, 0.2) is 47.4 Å². The fourth-order valence-corrected chi connectivity index (χ4v) is 5.28. The van der Waals surface area contributed by atoms with E-state index in [9.17, 15) is 18.8 Å². The van der Waals surface area contributed by atoms with Crippen molar-refractivity contribution < 1.29 is 23.5 Å². The van der Waals surface area contributed by atoms with Crippen LogP contribution in [0.5, 0.6) is 5.88 Å². The van der Waals surface area contributed by atoms with Gasteiger partial charge in [-0.1, -0.05) is 17.7 Å². The highest BCUT2D eigenvalue weighted by Gasteiger charge is 2.32. The largest absolute Gasteiger partial charge is 0.475 e. The SMILES string of the molecule is Cc1ccc(-c2cc(NC(=O)c3cc(CNC[C@@H]4CCCO4)cn(C)c3=O)nc(OC(C)C)c2)c(C(=O)N2CC(F)C2)c1. The second-order valence-corrected chi connectivity index (χ2v) is 11.5. The molecule has 2 fully saturated rings. The van der Waals surface area contributed by atoms with E-state index in [2.05, 4.69) is 15.6 Å². The van der Waals surface area contributed by atoms with Crippen LogP contribution in [0.4, 0.5) is 10.2 Å². The lowest BCUT2D eigenvalue weighted by atomic mass is 9.96. The van der Waals surface area contributed by atoms with E-state index in [-0.39, 0.29) is 48.5 Å². The van der Waals surface area contributed by atoms with Crippen LogP contribution in [0.25, 0.3) is 11.1 Å². The van der Waals surface area contributed by atoms with Crippen molar-refractivity contribution in [3.63, 3.8) is 0 Å². The van der Waals surface area contributed by atoms with Gasteiger partial charge in [0.25, 0.3) is 17.4 Å². The zero-order chi connectivity index (χ0) is 30.7. The number of rotatable bonds is 10. The number of amides is 2. The molecular formula is C32H38FN5O5. The number of carbonyl (C=O) groups excluding carboxylic acids is 2. The van der Waals surface area contributed by atoms with Crippen molar-refractivity contribution in [2.45, 2.75) is 58.5 Å². The molecule has 2 aliphatic rings. The van der Waals surface area contributed by atoms with Gasteiger partial charge in [-0.3, -0.25) is 14.4 Å². The van der Waals surface area contributed by atoms with Crippen LogP contribution in [0.1, 0.15) is 58.5 Å². The van der Waals surface area contributed by atoms with Crippen LogP contribution >= 0.6 is 0 Å². The average molecular weight is 592 g/mol. The van der Waals surface area contributed by atoms with Crippen LogP contribution in [0.2, 0.25) is 0 Å². The molecule has 2 aromatic heterocycles. The molecule has 0 saturated carbocycles. The van der Waals surface area contributed by atoms with E-state index >= 15 is 0 Å². The van der Waals surface area contributed by atoms with E-state index in [4.69, 9.17) is 9.47 Å². The average Bonchev–Trinajstić information content (AvgIpc) is 3.45. The van der Waals surface area contributed by atoms with Gasteiger partial charge in [0, 0.05) is 44.6 Å². The number of aryl methyl sites for hydroxylation is 2. The highest BCUT2D eigenvalue weighted by molar-refractivity contribution is 6.05. The molecule has 1 aromatic carbocycles. The number of carbonyl (C=O) groups is 2. The molecule has 3 aromatic rings. The lowest BCUT2D eigenvalue weighted by molar-refractivity contribution is 0.0401. The fourth-order valence-electron chi connectivity index (χ4n) is 5.28. The Morgan fingerprint density at radius 1 is 1.16 bits per heavy atom. The number of likely N-dealkylation sites (tertiary alicyclic amines) is 1. The van der Waals surface area contributed by atoms with E-state index in [0.29, 0.717) is 29.8 Å². The number of halogens is 1. The van der Waals surface area contributed by atoms with Crippen molar-refractivity contribution in [1.29, 1.82) is 0 Å². The number of aromatic nitrogens is 2. The third kappa shape index (κ3) is 7.29. The first-order chi connectivity index (χ1) is 20.6. The summed E-state index contributed by atoms with van der Waals surface area (Å²) < 4.78 is 26.5. The Bertz CT molecular complexity index is 1560. The number of anilines is 1. The maximum atomic E-state index is 13.5. The number of pyridine rings is 2. The van der Waals surface area contributed by atoms with Crippen molar-refractivity contribution in [3.05, 3.63) is 75.2 Å². The number of hydrogen-bond donors (Lipinski definition) is 2. The first-order valence-electron chi connectivity index (χ1n) is 14.6. The van der Waals surface area contributed by atoms with Crippen molar-refractivity contribution >= 4 is 17.6 Å². The molecule has 0 unspecified atom stereocenters. The first kappa shape index (κ1) is 30.4. The molecule has 0 bridgehead atoms. The second kappa shape index (κ2) is 13.0. The summed E-state index contributed by atoms with van der Waals surface area (Å²) in [6.07, 6.45) is 2.71. The van der Waals surface area contributed by atoms with Crippen molar-refractivity contribution in [2.75, 3.05) is 31.6 Å². The molecule has 43 heavy (non-hydrogen) atoms. The highest BCUT2D eigenvalue weighted by Crippen LogP contribution is 2.32. The number of ether oxygens (including phenoxy) is 2. The Morgan fingerprint density at radius 2 is 1.95 bits per heavy atom. The van der Waals surface area contributed by atoms with E-state index in [1.165, 1.54) is 9.47 Å². The summed E-state index contributed by atoms with van der Waals surface area (Å²) in [5, 5.41) is 6.10. The van der Waals surface area contributed by atoms with Gasteiger partial charge in [0.05, 0.1) is 25.3 Å². The molecule has 4 heterocycles. The minimum atomic E-state index is -1.02. The van der Waals surface area contributed by atoms with Crippen LogP contribution in [0.3, 0.4) is 0 Å². The number of benzene rings is 1. The van der Waals surface area contributed by atoms with Crippen molar-refractivity contribution in [2.24, 2.45) is 7.05 Å². The lowest BCUT2D eigenvalue weighted by Crippen LogP contribution is -2.51. The maximum Gasteiger partial charge on any atom is 0.263 e. The molecule has 0 aliphatic carbocycles. The third-order valence-corrected chi connectivity index (χ3v) is 7.45. The van der Waals surface area contributed by atoms with E-state index in [1.54, 1.807) is 37.5 Å². The van der Waals surface area contributed by atoms with Crippen LogP contribution < -0.4 is 20.9 Å². The normalized spacial score (nSPS) is 16.8. The summed E-state index contributed by atoms with van der Waals surface area (Å²) in [5.41, 5.74) is 2.79. The summed E-state index contributed by atoms with van der Waals surface area (Å²) in [7, 11) is 1.61. The molecule has 228 valence electrons. The maximum absolute atomic E-state index is 13.5. The molecule has 2 aliphatic heterocycles. The minimum absolute atomic E-state index is 0.0257. The molecule has 11 heteroatoms. The molecule has 0 spiro atoms. The Morgan fingerprint density at radius 3 is 2.65 bits per heavy atom. The Balaban J connectivity index is 1.43. The van der Waals surface area contributed by atoms with Gasteiger partial charge in [0.2, 0.25) is 5.88 Å². The summed E-state index contributed by atoms with van der Waals surface area (Å²) in [5.74, 6) is -0.477. The summed E-state index contributed by atoms with van der Waals surface area (Å²) >= 11 is 0. The standard InChI is InChI=1S/C32H38FN5O5/c1-19(2)43-29-13-22(25-8-7-20(3)10-26(25)32(41)38-17-23(33)18-38)12-28(35-29)36-30(39)27-11-21(16-37(4)31(27)40)14-34-15-24-6-5-9-42-24/h7-8,10-13,16,19,23-24,34H,5-6,9,14-15,17-18H2,1-4H3,(H,35,36,39)/t24-/m0/s1. The van der Waals surface area contributed by atoms with Gasteiger partial charge in [-0.15, -0.1) is 0 Å². The van der Waals surface area contributed by atoms with Crippen LogP contribution in [-0.2, 0) is 18.3 Å². The Kier molecular flexibility index (Phi) is 9.22. The number of hydrogen-bond acceptors (Lipinski definition) is 7. The molecular weight excluding hydrogens is 553 g/mol. The smallest absolute Gasteiger partial charge is 0.263 e. The second-order valence-electron chi connectivity index (χ2n) is 11.5. The zero-order valence-electron chi connectivity index (χ0n) is 25.0. The molecule has 0 radical (unpaired) electrons. The number of nitrogens with one attached hydrogen (secondary N) is 2. The topological polar surface area (TPSA) is 115 Å². The zero-order valence-corrected chi connectivity index (χ0v) is 25.0. The van der Waals surface area contributed by atoms with Crippen molar-refractivity contribution in [1.82, 2.24) is 19.8 Å². The molecule has 2 amide bonds. The van der Waals surface area contributed by atoms with Gasteiger partial charge in [0.1, 0.15) is 17.6 Å². The molecule has 1 atom stereocenters. The first-order valence-corrected chi connectivity index (χ1v) is 14.6. The Labute approximate surface area is 250 Å². The third-order valence-electron chi connectivity index (χ3n) is 7.45.